The average Bonchev–Trinajstić information content (AvgIpc) is 2.85. The molecule has 2 aromatic rings. The van der Waals surface area contributed by atoms with Gasteiger partial charge in [-0.05, 0) is 13.0 Å². The van der Waals surface area contributed by atoms with E-state index in [1.54, 1.807) is 13.0 Å². The number of aryl methyl sites for hydroxylation is 1. The molecule has 0 aliphatic carbocycles. The highest BCUT2D eigenvalue weighted by atomic mass is 32.1. The van der Waals surface area contributed by atoms with Crippen molar-refractivity contribution in [1.29, 1.82) is 0 Å². The van der Waals surface area contributed by atoms with Gasteiger partial charge in [0.05, 0.1) is 17.5 Å². The highest BCUT2D eigenvalue weighted by molar-refractivity contribution is 7.14. The van der Waals surface area contributed by atoms with Gasteiger partial charge < -0.3 is 4.42 Å². The average molecular weight is 264 g/mol. The first kappa shape index (κ1) is 12.8. The molecule has 0 spiro atoms. The summed E-state index contributed by atoms with van der Waals surface area (Å²) < 4.78 is 5.10. The summed E-state index contributed by atoms with van der Waals surface area (Å²) in [7, 11) is 0. The van der Waals surface area contributed by atoms with E-state index in [4.69, 9.17) is 4.42 Å². The molecule has 2 aromatic heterocycles. The number of anilines is 1. The Kier molecular flexibility index (Phi) is 3.26. The second-order valence-corrected chi connectivity index (χ2v) is 5.99. The van der Waals surface area contributed by atoms with E-state index in [9.17, 15) is 4.79 Å². The number of hydrogen-bond donors (Lipinski definition) is 1. The van der Waals surface area contributed by atoms with Gasteiger partial charge >= 0.3 is 0 Å². The molecule has 0 radical (unpaired) electrons. The van der Waals surface area contributed by atoms with E-state index in [0.717, 1.165) is 5.69 Å². The highest BCUT2D eigenvalue weighted by Gasteiger charge is 2.19. The van der Waals surface area contributed by atoms with Gasteiger partial charge in [0.2, 0.25) is 0 Å². The first-order valence-electron chi connectivity index (χ1n) is 5.69. The Labute approximate surface area is 110 Å². The van der Waals surface area contributed by atoms with Crippen LogP contribution in [0.1, 0.15) is 42.6 Å². The molecule has 0 aromatic carbocycles. The summed E-state index contributed by atoms with van der Waals surface area (Å²) in [6.45, 7) is 8.03. The Morgan fingerprint density at radius 1 is 1.44 bits per heavy atom. The highest BCUT2D eigenvalue weighted by Crippen LogP contribution is 2.26. The summed E-state index contributed by atoms with van der Waals surface area (Å²) in [5.74, 6) is 0.427. The molecule has 1 N–H and O–H groups in total. The Hall–Kier alpha value is -1.62. The molecule has 0 aliphatic heterocycles. The number of carbonyl (C=O) groups is 1. The first-order valence-corrected chi connectivity index (χ1v) is 6.57. The normalized spacial score (nSPS) is 11.6. The third-order valence-electron chi connectivity index (χ3n) is 2.60. The maximum absolute atomic E-state index is 12.0. The molecular weight excluding hydrogens is 248 g/mol. The van der Waals surface area contributed by atoms with E-state index >= 15 is 0 Å². The second kappa shape index (κ2) is 4.57. The van der Waals surface area contributed by atoms with Gasteiger partial charge in [-0.3, -0.25) is 10.1 Å². The maximum Gasteiger partial charge on any atom is 0.260 e. The Morgan fingerprint density at radius 3 is 2.67 bits per heavy atom. The molecule has 0 atom stereocenters. The van der Waals surface area contributed by atoms with Crippen molar-refractivity contribution in [3.8, 4) is 0 Å². The maximum atomic E-state index is 12.0. The van der Waals surface area contributed by atoms with Crippen LogP contribution in [-0.4, -0.2) is 10.9 Å². The van der Waals surface area contributed by atoms with Crippen LogP contribution in [0.5, 0.6) is 0 Å². The SMILES string of the molecule is Cc1occc1C(=O)Nc1nc(C(C)(C)C)cs1. The molecule has 2 heterocycles. The number of aromatic nitrogens is 1. The van der Waals surface area contributed by atoms with Crippen molar-refractivity contribution in [2.24, 2.45) is 0 Å². The third kappa shape index (κ3) is 2.61. The van der Waals surface area contributed by atoms with E-state index in [2.05, 4.69) is 31.1 Å². The fraction of sp³-hybridized carbons (Fsp3) is 0.385. The molecule has 0 saturated heterocycles. The van der Waals surface area contributed by atoms with Gasteiger partial charge in [0.1, 0.15) is 5.76 Å². The molecule has 0 bridgehead atoms. The first-order chi connectivity index (χ1) is 8.38. The summed E-state index contributed by atoms with van der Waals surface area (Å²) >= 11 is 1.43. The number of furan rings is 1. The van der Waals surface area contributed by atoms with E-state index in [-0.39, 0.29) is 11.3 Å². The Balaban J connectivity index is 2.13. The van der Waals surface area contributed by atoms with Gasteiger partial charge in [-0.25, -0.2) is 4.98 Å². The van der Waals surface area contributed by atoms with Crippen LogP contribution in [0.3, 0.4) is 0 Å². The van der Waals surface area contributed by atoms with E-state index in [0.29, 0.717) is 16.5 Å². The number of carbonyl (C=O) groups excluding carboxylic acids is 1. The zero-order valence-corrected chi connectivity index (χ0v) is 11.7. The lowest BCUT2D eigenvalue weighted by Gasteiger charge is -2.14. The van der Waals surface area contributed by atoms with Crippen LogP contribution in [0.2, 0.25) is 0 Å². The quantitative estimate of drug-likeness (QED) is 0.901. The predicted molar refractivity (Wildman–Crippen MR) is 72.2 cm³/mol. The largest absolute Gasteiger partial charge is 0.469 e. The van der Waals surface area contributed by atoms with Crippen molar-refractivity contribution in [3.63, 3.8) is 0 Å². The van der Waals surface area contributed by atoms with Crippen LogP contribution < -0.4 is 5.32 Å². The molecule has 2 rings (SSSR count). The molecule has 4 nitrogen and oxygen atoms in total. The smallest absolute Gasteiger partial charge is 0.260 e. The van der Waals surface area contributed by atoms with Crippen LogP contribution in [-0.2, 0) is 5.41 Å². The lowest BCUT2D eigenvalue weighted by Crippen LogP contribution is -2.14. The standard InChI is InChI=1S/C13H16N2O2S/c1-8-9(5-6-17-8)11(16)15-12-14-10(7-18-12)13(2,3)4/h5-7H,1-4H3,(H,14,15,16). The van der Waals surface area contributed by atoms with Crippen molar-refractivity contribution >= 4 is 22.4 Å². The molecule has 5 heteroatoms. The number of nitrogens with one attached hydrogen (secondary N) is 1. The van der Waals surface area contributed by atoms with Gasteiger partial charge in [0.25, 0.3) is 5.91 Å². The molecule has 0 unspecified atom stereocenters. The number of amides is 1. The molecule has 0 fully saturated rings. The minimum Gasteiger partial charge on any atom is -0.469 e. The van der Waals surface area contributed by atoms with Crippen molar-refractivity contribution in [2.45, 2.75) is 33.1 Å². The topological polar surface area (TPSA) is 55.1 Å². The number of thiazole rings is 1. The fourth-order valence-electron chi connectivity index (χ4n) is 1.46. The van der Waals surface area contributed by atoms with Crippen LogP contribution in [0.15, 0.2) is 22.1 Å². The van der Waals surface area contributed by atoms with Crippen LogP contribution in [0, 0.1) is 6.92 Å². The van der Waals surface area contributed by atoms with E-state index in [1.807, 2.05) is 5.38 Å². The Bertz CT molecular complexity index is 564. The lowest BCUT2D eigenvalue weighted by molar-refractivity contribution is 0.102. The zero-order valence-electron chi connectivity index (χ0n) is 10.9. The van der Waals surface area contributed by atoms with Gasteiger partial charge in [-0.1, -0.05) is 20.8 Å². The number of rotatable bonds is 2. The zero-order chi connectivity index (χ0) is 13.3. The van der Waals surface area contributed by atoms with Crippen molar-refractivity contribution < 1.29 is 9.21 Å². The van der Waals surface area contributed by atoms with Gasteiger partial charge in [0, 0.05) is 10.8 Å². The summed E-state index contributed by atoms with van der Waals surface area (Å²) in [5, 5.41) is 5.37. The van der Waals surface area contributed by atoms with Gasteiger partial charge in [0.15, 0.2) is 5.13 Å². The van der Waals surface area contributed by atoms with Crippen LogP contribution in [0.4, 0.5) is 5.13 Å². The minimum atomic E-state index is -0.184. The third-order valence-corrected chi connectivity index (χ3v) is 3.35. The molecule has 0 saturated carbocycles. The molecule has 0 aliphatic rings. The van der Waals surface area contributed by atoms with Crippen molar-refractivity contribution in [2.75, 3.05) is 5.32 Å². The molecule has 18 heavy (non-hydrogen) atoms. The monoisotopic (exact) mass is 264 g/mol. The van der Waals surface area contributed by atoms with Crippen molar-refractivity contribution in [3.05, 3.63) is 34.7 Å². The summed E-state index contributed by atoms with van der Waals surface area (Å²) in [4.78, 5) is 16.4. The second-order valence-electron chi connectivity index (χ2n) is 5.13. The number of nitrogens with zero attached hydrogens (tertiary/aromatic N) is 1. The summed E-state index contributed by atoms with van der Waals surface area (Å²) in [6, 6.07) is 1.66. The van der Waals surface area contributed by atoms with Crippen molar-refractivity contribution in [1.82, 2.24) is 4.98 Å². The molecular formula is C13H16N2O2S. The Morgan fingerprint density at radius 2 is 2.17 bits per heavy atom. The lowest BCUT2D eigenvalue weighted by atomic mass is 9.93. The van der Waals surface area contributed by atoms with E-state index < -0.39 is 0 Å². The number of hydrogen-bond acceptors (Lipinski definition) is 4. The fourth-order valence-corrected chi connectivity index (χ4v) is 2.39. The van der Waals surface area contributed by atoms with Gasteiger partial charge in [-0.2, -0.15) is 0 Å². The minimum absolute atomic E-state index is 0.00889. The molecule has 96 valence electrons. The van der Waals surface area contributed by atoms with E-state index in [1.165, 1.54) is 17.6 Å². The van der Waals surface area contributed by atoms with Crippen LogP contribution >= 0.6 is 11.3 Å². The summed E-state index contributed by atoms with van der Waals surface area (Å²) in [6.07, 6.45) is 1.51. The predicted octanol–water partition coefficient (Wildman–Crippen LogP) is 3.59. The van der Waals surface area contributed by atoms with Gasteiger partial charge in [-0.15, -0.1) is 11.3 Å². The summed E-state index contributed by atoms with van der Waals surface area (Å²) in [5.41, 5.74) is 1.51. The van der Waals surface area contributed by atoms with Crippen LogP contribution in [0.25, 0.3) is 0 Å². The molecule has 1 amide bonds.